The van der Waals surface area contributed by atoms with Gasteiger partial charge in [0.1, 0.15) is 16.9 Å². The second-order valence-electron chi connectivity index (χ2n) is 9.03. The number of anilines is 2. The summed E-state index contributed by atoms with van der Waals surface area (Å²) in [6.07, 6.45) is 5.80. The predicted octanol–water partition coefficient (Wildman–Crippen LogP) is 1.78. The maximum atomic E-state index is 13.2. The van der Waals surface area contributed by atoms with Gasteiger partial charge in [-0.05, 0) is 26.0 Å². The summed E-state index contributed by atoms with van der Waals surface area (Å²) < 4.78 is 7.79. The fourth-order valence-corrected chi connectivity index (χ4v) is 4.57. The highest BCUT2D eigenvalue weighted by Gasteiger charge is 2.32. The zero-order valence-corrected chi connectivity index (χ0v) is 18.5. The number of rotatable bonds is 5. The Balaban J connectivity index is 1.46. The van der Waals surface area contributed by atoms with Gasteiger partial charge in [-0.3, -0.25) is 9.69 Å². The summed E-state index contributed by atoms with van der Waals surface area (Å²) in [7, 11) is 0. The molecule has 2 aliphatic rings. The molecule has 1 aromatic carbocycles. The van der Waals surface area contributed by atoms with Crippen molar-refractivity contribution in [2.45, 2.75) is 25.9 Å². The van der Waals surface area contributed by atoms with Crippen LogP contribution in [0.4, 0.5) is 11.4 Å². The first-order chi connectivity index (χ1) is 15.4. The molecule has 0 bridgehead atoms. The van der Waals surface area contributed by atoms with E-state index in [0.29, 0.717) is 17.8 Å². The van der Waals surface area contributed by atoms with Gasteiger partial charge in [-0.15, -0.1) is 0 Å². The Morgan fingerprint density at radius 3 is 2.84 bits per heavy atom. The summed E-state index contributed by atoms with van der Waals surface area (Å²) in [6, 6.07) is 5.92. The lowest BCUT2D eigenvalue weighted by Gasteiger charge is -2.37. The normalized spacial score (nSPS) is 17.9. The van der Waals surface area contributed by atoms with Crippen molar-refractivity contribution >= 4 is 22.9 Å². The zero-order valence-electron chi connectivity index (χ0n) is 18.5. The van der Waals surface area contributed by atoms with Crippen LogP contribution in [0.2, 0.25) is 0 Å². The average Bonchev–Trinajstić information content (AvgIpc) is 3.33. The van der Waals surface area contributed by atoms with Crippen LogP contribution in [0.25, 0.3) is 5.65 Å². The number of nitrogens with one attached hydrogen (secondary N) is 1. The van der Waals surface area contributed by atoms with E-state index in [-0.39, 0.29) is 11.5 Å². The third-order valence-corrected chi connectivity index (χ3v) is 6.11. The van der Waals surface area contributed by atoms with Gasteiger partial charge in [-0.1, -0.05) is 0 Å². The number of hydrogen-bond acceptors (Lipinski definition) is 7. The smallest absolute Gasteiger partial charge is 0.261 e. The van der Waals surface area contributed by atoms with E-state index < -0.39 is 0 Å². The monoisotopic (exact) mass is 435 g/mol. The minimum absolute atomic E-state index is 0.222. The first-order valence-electron chi connectivity index (χ1n) is 11.1. The van der Waals surface area contributed by atoms with E-state index in [1.807, 2.05) is 0 Å². The lowest BCUT2D eigenvalue weighted by Crippen LogP contribution is -2.48. The van der Waals surface area contributed by atoms with Crippen molar-refractivity contribution in [3.05, 3.63) is 47.9 Å². The molecule has 4 heterocycles. The van der Waals surface area contributed by atoms with Crippen LogP contribution in [0.1, 0.15) is 29.8 Å². The van der Waals surface area contributed by atoms with Crippen LogP contribution >= 0.6 is 0 Å². The molecule has 168 valence electrons. The van der Waals surface area contributed by atoms with Crippen LogP contribution in [0.3, 0.4) is 0 Å². The fraction of sp³-hybridized carbons (Fsp3) is 0.435. The highest BCUT2D eigenvalue weighted by atomic mass is 16.5. The molecule has 0 saturated carbocycles. The van der Waals surface area contributed by atoms with E-state index in [1.54, 1.807) is 29.2 Å². The van der Waals surface area contributed by atoms with Crippen LogP contribution in [0.15, 0.2) is 36.8 Å². The fourth-order valence-electron chi connectivity index (χ4n) is 4.57. The predicted molar refractivity (Wildman–Crippen MR) is 124 cm³/mol. The molecule has 0 unspecified atom stereocenters. The second kappa shape index (κ2) is 8.07. The number of carbonyl (C=O) groups is 1. The molecule has 9 heteroatoms. The number of fused-ring (bicyclic) bond motifs is 2. The van der Waals surface area contributed by atoms with Gasteiger partial charge in [0, 0.05) is 69.7 Å². The van der Waals surface area contributed by atoms with Gasteiger partial charge in [-0.2, -0.15) is 5.10 Å². The maximum Gasteiger partial charge on any atom is 0.261 e. The summed E-state index contributed by atoms with van der Waals surface area (Å²) in [4.78, 5) is 22.2. The molecule has 32 heavy (non-hydrogen) atoms. The Morgan fingerprint density at radius 1 is 1.25 bits per heavy atom. The van der Waals surface area contributed by atoms with Crippen LogP contribution in [-0.4, -0.2) is 70.3 Å². The van der Waals surface area contributed by atoms with Gasteiger partial charge in [-0.25, -0.2) is 9.50 Å². The van der Waals surface area contributed by atoms with E-state index in [0.717, 1.165) is 61.8 Å². The van der Waals surface area contributed by atoms with E-state index in [4.69, 9.17) is 10.5 Å². The third kappa shape index (κ3) is 3.89. The summed E-state index contributed by atoms with van der Waals surface area (Å²) in [5, 5.41) is 7.38. The second-order valence-corrected chi connectivity index (χ2v) is 9.03. The molecule has 5 rings (SSSR count). The number of benzene rings is 1. The Kier molecular flexibility index (Phi) is 5.22. The van der Waals surface area contributed by atoms with E-state index in [1.165, 1.54) is 0 Å². The van der Waals surface area contributed by atoms with Gasteiger partial charge < -0.3 is 20.7 Å². The van der Waals surface area contributed by atoms with Gasteiger partial charge >= 0.3 is 0 Å². The van der Waals surface area contributed by atoms with Crippen molar-refractivity contribution < 1.29 is 9.53 Å². The molecule has 0 radical (unpaired) electrons. The Hall–Kier alpha value is -3.17. The average molecular weight is 436 g/mol. The maximum absolute atomic E-state index is 13.2. The summed E-state index contributed by atoms with van der Waals surface area (Å²) in [5.74, 6) is 0.671. The molecule has 3 N–H and O–H groups in total. The highest BCUT2D eigenvalue weighted by Crippen LogP contribution is 2.42. The summed E-state index contributed by atoms with van der Waals surface area (Å²) in [5.41, 5.74) is 9.32. The molecule has 1 amide bonds. The zero-order chi connectivity index (χ0) is 22.3. The van der Waals surface area contributed by atoms with Crippen molar-refractivity contribution in [1.29, 1.82) is 0 Å². The Bertz CT molecular complexity index is 1150. The van der Waals surface area contributed by atoms with Crippen molar-refractivity contribution in [2.24, 2.45) is 5.73 Å². The van der Waals surface area contributed by atoms with Crippen molar-refractivity contribution in [1.82, 2.24) is 19.5 Å². The molecule has 2 aromatic heterocycles. The Labute approximate surface area is 187 Å². The molecular formula is C23H29N7O2. The molecule has 3 aromatic rings. The minimum atomic E-state index is -0.256. The SMILES string of the molecule is CC1(C)Cc2cc(NC(=O)c3cnn4cccnc34)c(N3CCN(CCN)CC3)cc2O1. The molecule has 1 saturated heterocycles. The highest BCUT2D eigenvalue weighted by molar-refractivity contribution is 6.09. The molecule has 0 atom stereocenters. The third-order valence-electron chi connectivity index (χ3n) is 6.11. The standard InChI is InChI=1S/C23H29N7O2/c1-23(2)14-16-12-18(27-22(31)17-15-26-30-6-3-5-25-21(17)30)19(13-20(16)32-23)29-10-8-28(7-4-24)9-11-29/h3,5-6,12-13,15H,4,7-11,14,24H2,1-2H3,(H,27,31). The number of nitrogens with two attached hydrogens (primary N) is 1. The number of nitrogens with zero attached hydrogens (tertiary/aromatic N) is 5. The number of carbonyl (C=O) groups excluding carboxylic acids is 1. The van der Waals surface area contributed by atoms with E-state index in [9.17, 15) is 4.79 Å². The first kappa shape index (κ1) is 20.7. The van der Waals surface area contributed by atoms with Crippen LogP contribution in [0, 0.1) is 0 Å². The lowest BCUT2D eigenvalue weighted by atomic mass is 10.0. The number of ether oxygens (including phenoxy) is 1. The number of amides is 1. The van der Waals surface area contributed by atoms with Gasteiger partial charge in [0.05, 0.1) is 17.6 Å². The first-order valence-corrected chi connectivity index (χ1v) is 11.1. The molecule has 0 aliphatic carbocycles. The van der Waals surface area contributed by atoms with Crippen LogP contribution < -0.4 is 20.7 Å². The summed E-state index contributed by atoms with van der Waals surface area (Å²) >= 11 is 0. The number of aromatic nitrogens is 3. The van der Waals surface area contributed by atoms with Gasteiger partial charge in [0.15, 0.2) is 5.65 Å². The van der Waals surface area contributed by atoms with E-state index >= 15 is 0 Å². The van der Waals surface area contributed by atoms with Crippen LogP contribution in [-0.2, 0) is 6.42 Å². The van der Waals surface area contributed by atoms with Crippen molar-refractivity contribution in [3.63, 3.8) is 0 Å². The molecule has 2 aliphatic heterocycles. The van der Waals surface area contributed by atoms with E-state index in [2.05, 4.69) is 51.2 Å². The molecule has 1 fully saturated rings. The molecule has 0 spiro atoms. The lowest BCUT2D eigenvalue weighted by molar-refractivity contribution is 0.102. The quantitative estimate of drug-likeness (QED) is 0.630. The minimum Gasteiger partial charge on any atom is -0.487 e. The van der Waals surface area contributed by atoms with Gasteiger partial charge in [0.2, 0.25) is 0 Å². The van der Waals surface area contributed by atoms with Crippen LogP contribution in [0.5, 0.6) is 5.75 Å². The molecule has 9 nitrogen and oxygen atoms in total. The van der Waals surface area contributed by atoms with Gasteiger partial charge in [0.25, 0.3) is 5.91 Å². The van der Waals surface area contributed by atoms with Crippen molar-refractivity contribution in [2.75, 3.05) is 49.5 Å². The number of piperazine rings is 1. The number of hydrogen-bond donors (Lipinski definition) is 2. The summed E-state index contributed by atoms with van der Waals surface area (Å²) in [6.45, 7) is 9.34. The topological polar surface area (TPSA) is 101 Å². The Morgan fingerprint density at radius 2 is 2.06 bits per heavy atom. The van der Waals surface area contributed by atoms with Crippen molar-refractivity contribution in [3.8, 4) is 5.75 Å². The molecular weight excluding hydrogens is 406 g/mol. The largest absolute Gasteiger partial charge is 0.487 e.